The molecule has 0 saturated heterocycles. The van der Waals surface area contributed by atoms with E-state index in [0.717, 1.165) is 6.21 Å². The van der Waals surface area contributed by atoms with E-state index in [1.807, 2.05) is 0 Å². The van der Waals surface area contributed by atoms with Crippen molar-refractivity contribution >= 4 is 12.1 Å². The second kappa shape index (κ2) is 5.67. The molecular weight excluding hydrogens is 329 g/mol. The van der Waals surface area contributed by atoms with Gasteiger partial charge >= 0.3 is 6.18 Å². The number of carbonyl (C=O) groups is 1. The predicted octanol–water partition coefficient (Wildman–Crippen LogP) is 0.674. The maximum Gasteiger partial charge on any atom is 0.438 e. The van der Waals surface area contributed by atoms with Gasteiger partial charge in [0.25, 0.3) is 5.72 Å². The lowest BCUT2D eigenvalue weighted by molar-refractivity contribution is -0.302. The van der Waals surface area contributed by atoms with Crippen molar-refractivity contribution in [3.8, 4) is 5.69 Å². The molecule has 1 aromatic carbocycles. The van der Waals surface area contributed by atoms with Crippen molar-refractivity contribution in [3.63, 3.8) is 0 Å². The number of aliphatic hydroxyl groups is 1. The third-order valence-corrected chi connectivity index (χ3v) is 3.52. The fraction of sp³-hybridized carbons (Fsp3) is 0.308. The minimum Gasteiger partial charge on any atom is -0.362 e. The Hall–Kier alpha value is -2.82. The van der Waals surface area contributed by atoms with Gasteiger partial charge in [0.1, 0.15) is 6.33 Å². The number of carbonyl (C=O) groups excluding carboxylic acids is 1. The lowest BCUT2D eigenvalue weighted by Gasteiger charge is -2.32. The van der Waals surface area contributed by atoms with Crippen LogP contribution in [-0.2, 0) is 11.2 Å². The molecule has 1 unspecified atom stereocenters. The molecule has 0 bridgehead atoms. The fourth-order valence-electron chi connectivity index (χ4n) is 2.23. The van der Waals surface area contributed by atoms with Crippen molar-refractivity contribution in [1.82, 2.24) is 25.2 Å². The summed E-state index contributed by atoms with van der Waals surface area (Å²) in [7, 11) is 0. The second-order valence-electron chi connectivity index (χ2n) is 5.12. The van der Waals surface area contributed by atoms with Crippen LogP contribution in [0.2, 0.25) is 0 Å². The molecule has 0 aliphatic carbocycles. The minimum atomic E-state index is -5.00. The fourth-order valence-corrected chi connectivity index (χ4v) is 2.23. The monoisotopic (exact) mass is 340 g/mol. The molecule has 0 spiro atoms. The molecule has 1 N–H and O–H groups in total. The summed E-state index contributed by atoms with van der Waals surface area (Å²) < 4.78 is 40.3. The van der Waals surface area contributed by atoms with Crippen LogP contribution in [0.3, 0.4) is 0 Å². The first-order valence-electron chi connectivity index (χ1n) is 6.78. The Morgan fingerprint density at radius 2 is 2.00 bits per heavy atom. The van der Waals surface area contributed by atoms with Gasteiger partial charge in [-0.05, 0) is 28.1 Å². The van der Waals surface area contributed by atoms with Crippen LogP contribution in [0.5, 0.6) is 0 Å². The number of halogens is 3. The Morgan fingerprint density at radius 1 is 1.29 bits per heavy atom. The van der Waals surface area contributed by atoms with Gasteiger partial charge in [0, 0.05) is 12.6 Å². The third-order valence-electron chi connectivity index (χ3n) is 3.52. The highest BCUT2D eigenvalue weighted by molar-refractivity contribution is 5.82. The van der Waals surface area contributed by atoms with Gasteiger partial charge in [-0.3, -0.25) is 4.79 Å². The summed E-state index contributed by atoms with van der Waals surface area (Å²) in [6.07, 6.45) is -3.88. The van der Waals surface area contributed by atoms with Crippen molar-refractivity contribution in [3.05, 3.63) is 36.2 Å². The third kappa shape index (κ3) is 2.73. The normalized spacial score (nSPS) is 20.6. The topological polar surface area (TPSA) is 96.5 Å². The van der Waals surface area contributed by atoms with Crippen LogP contribution in [0, 0.1) is 0 Å². The molecule has 1 aliphatic rings. The van der Waals surface area contributed by atoms with Crippen LogP contribution < -0.4 is 0 Å². The number of hydrazone groups is 1. The summed E-state index contributed by atoms with van der Waals surface area (Å²) in [5.74, 6) is -0.959. The highest BCUT2D eigenvalue weighted by Crippen LogP contribution is 2.38. The summed E-state index contributed by atoms with van der Waals surface area (Å²) in [6.45, 7) is 0. The molecule has 1 aromatic heterocycles. The number of rotatable bonds is 3. The molecule has 1 atom stereocenters. The van der Waals surface area contributed by atoms with E-state index in [0.29, 0.717) is 11.3 Å². The number of hydrogen-bond donors (Lipinski definition) is 1. The summed E-state index contributed by atoms with van der Waals surface area (Å²) in [6, 6.07) is 6.34. The quantitative estimate of drug-likeness (QED) is 0.886. The van der Waals surface area contributed by atoms with Gasteiger partial charge in [0.15, 0.2) is 0 Å². The molecular formula is C13H11F3N6O2. The number of nitrogens with zero attached hydrogens (tertiary/aromatic N) is 6. The van der Waals surface area contributed by atoms with Gasteiger partial charge in [-0.25, -0.2) is 4.68 Å². The van der Waals surface area contributed by atoms with Crippen LogP contribution >= 0.6 is 0 Å². The van der Waals surface area contributed by atoms with Gasteiger partial charge in [-0.15, -0.1) is 5.10 Å². The molecule has 24 heavy (non-hydrogen) atoms. The lowest BCUT2D eigenvalue weighted by Crippen LogP contribution is -2.56. The molecule has 8 nitrogen and oxygen atoms in total. The zero-order chi connectivity index (χ0) is 17.4. The molecule has 1 aliphatic heterocycles. The van der Waals surface area contributed by atoms with E-state index in [9.17, 15) is 23.1 Å². The molecule has 0 fully saturated rings. The average Bonchev–Trinajstić information content (AvgIpc) is 3.17. The highest BCUT2D eigenvalue weighted by atomic mass is 19.4. The SMILES string of the molecule is O=C(Cc1ccc(-n2cnnn2)cc1)N1N=CCC1(O)C(F)(F)F. The second-order valence-corrected chi connectivity index (χ2v) is 5.12. The van der Waals surface area contributed by atoms with E-state index in [1.165, 1.54) is 11.0 Å². The Bertz CT molecular complexity index is 759. The molecule has 2 heterocycles. The number of tetrazole rings is 1. The van der Waals surface area contributed by atoms with E-state index in [4.69, 9.17) is 0 Å². The van der Waals surface area contributed by atoms with E-state index >= 15 is 0 Å². The van der Waals surface area contributed by atoms with Crippen LogP contribution in [0.4, 0.5) is 13.2 Å². The maximum absolute atomic E-state index is 13.0. The number of amides is 1. The Labute approximate surface area is 133 Å². The zero-order valence-electron chi connectivity index (χ0n) is 12.1. The molecule has 1 amide bonds. The van der Waals surface area contributed by atoms with Crippen LogP contribution in [-0.4, -0.2) is 54.3 Å². The summed E-state index contributed by atoms with van der Waals surface area (Å²) in [5.41, 5.74) is -2.21. The molecule has 0 saturated carbocycles. The van der Waals surface area contributed by atoms with Crippen LogP contribution in [0.15, 0.2) is 35.7 Å². The molecule has 126 valence electrons. The van der Waals surface area contributed by atoms with Crippen molar-refractivity contribution in [1.29, 1.82) is 0 Å². The van der Waals surface area contributed by atoms with Crippen molar-refractivity contribution in [2.24, 2.45) is 5.10 Å². The minimum absolute atomic E-state index is 0.0856. The van der Waals surface area contributed by atoms with Crippen LogP contribution in [0.25, 0.3) is 5.69 Å². The van der Waals surface area contributed by atoms with E-state index < -0.39 is 24.2 Å². The van der Waals surface area contributed by atoms with E-state index in [1.54, 1.807) is 24.3 Å². The number of aromatic nitrogens is 4. The lowest BCUT2D eigenvalue weighted by atomic mass is 10.1. The van der Waals surface area contributed by atoms with Gasteiger partial charge in [-0.1, -0.05) is 12.1 Å². The smallest absolute Gasteiger partial charge is 0.362 e. The van der Waals surface area contributed by atoms with Gasteiger partial charge in [0.05, 0.1) is 12.1 Å². The largest absolute Gasteiger partial charge is 0.438 e. The Kier molecular flexibility index (Phi) is 3.79. The van der Waals surface area contributed by atoms with Gasteiger partial charge in [0.2, 0.25) is 5.91 Å². The first-order chi connectivity index (χ1) is 11.3. The summed E-state index contributed by atoms with van der Waals surface area (Å²) >= 11 is 0. The number of hydrogen-bond acceptors (Lipinski definition) is 6. The van der Waals surface area contributed by atoms with E-state index in [2.05, 4.69) is 20.6 Å². The van der Waals surface area contributed by atoms with Gasteiger partial charge in [-0.2, -0.15) is 23.3 Å². The first kappa shape index (κ1) is 16.1. The Morgan fingerprint density at radius 3 is 2.58 bits per heavy atom. The molecule has 0 radical (unpaired) electrons. The highest BCUT2D eigenvalue weighted by Gasteiger charge is 2.61. The van der Waals surface area contributed by atoms with Crippen molar-refractivity contribution < 1.29 is 23.1 Å². The number of alkyl halides is 3. The predicted molar refractivity (Wildman–Crippen MR) is 73.8 cm³/mol. The van der Waals surface area contributed by atoms with Crippen LogP contribution in [0.1, 0.15) is 12.0 Å². The summed E-state index contributed by atoms with van der Waals surface area (Å²) in [5, 5.41) is 23.8. The maximum atomic E-state index is 13.0. The molecule has 2 aromatic rings. The zero-order valence-corrected chi connectivity index (χ0v) is 12.1. The summed E-state index contributed by atoms with van der Waals surface area (Å²) in [4.78, 5) is 12.1. The Balaban J connectivity index is 1.74. The average molecular weight is 340 g/mol. The molecule has 11 heteroatoms. The molecule has 3 rings (SSSR count). The van der Waals surface area contributed by atoms with Crippen molar-refractivity contribution in [2.75, 3.05) is 0 Å². The van der Waals surface area contributed by atoms with Gasteiger partial charge < -0.3 is 5.11 Å². The van der Waals surface area contributed by atoms with E-state index in [-0.39, 0.29) is 11.4 Å². The number of benzene rings is 1. The first-order valence-corrected chi connectivity index (χ1v) is 6.78. The standard InChI is InChI=1S/C13H11F3N6O2/c14-13(15,16)12(24)5-6-18-22(12)11(23)7-9-1-3-10(4-2-9)21-8-17-19-20-21/h1-4,6,8,24H,5,7H2. The van der Waals surface area contributed by atoms with Crippen molar-refractivity contribution in [2.45, 2.75) is 24.7 Å².